The van der Waals surface area contributed by atoms with Crippen molar-refractivity contribution in [3.63, 3.8) is 0 Å². The summed E-state index contributed by atoms with van der Waals surface area (Å²) in [6, 6.07) is 17.8. The van der Waals surface area contributed by atoms with Crippen LogP contribution < -0.4 is 9.47 Å². The maximum absolute atomic E-state index is 12.4. The van der Waals surface area contributed by atoms with Gasteiger partial charge >= 0.3 is 11.9 Å². The molecule has 4 nitrogen and oxygen atoms in total. The minimum atomic E-state index is -0.439. The van der Waals surface area contributed by atoms with E-state index in [0.717, 1.165) is 6.42 Å². The largest absolute Gasteiger partial charge is 0.426 e. The van der Waals surface area contributed by atoms with Crippen molar-refractivity contribution in [3.05, 3.63) is 60.7 Å². The molecule has 1 aliphatic carbocycles. The third-order valence-corrected chi connectivity index (χ3v) is 4.04. The second-order valence-corrected chi connectivity index (χ2v) is 5.61. The summed E-state index contributed by atoms with van der Waals surface area (Å²) < 4.78 is 10.8. The van der Waals surface area contributed by atoms with Crippen LogP contribution in [-0.2, 0) is 9.59 Å². The second-order valence-electron chi connectivity index (χ2n) is 5.61. The first-order chi connectivity index (χ1) is 11.2. The Morgan fingerprint density at radius 3 is 1.48 bits per heavy atom. The van der Waals surface area contributed by atoms with E-state index in [2.05, 4.69) is 0 Å². The van der Waals surface area contributed by atoms with Crippen molar-refractivity contribution in [2.75, 3.05) is 0 Å². The van der Waals surface area contributed by atoms with Crippen molar-refractivity contribution >= 4 is 11.9 Å². The molecule has 1 aliphatic rings. The van der Waals surface area contributed by atoms with Crippen molar-refractivity contribution in [2.24, 2.45) is 11.8 Å². The first-order valence-electron chi connectivity index (χ1n) is 7.77. The molecule has 2 unspecified atom stereocenters. The van der Waals surface area contributed by atoms with E-state index in [1.807, 2.05) is 12.1 Å². The van der Waals surface area contributed by atoms with Gasteiger partial charge in [0, 0.05) is 0 Å². The predicted molar refractivity (Wildman–Crippen MR) is 85.0 cm³/mol. The summed E-state index contributed by atoms with van der Waals surface area (Å²) in [6.45, 7) is 0. The zero-order valence-corrected chi connectivity index (χ0v) is 12.7. The third-order valence-electron chi connectivity index (χ3n) is 4.04. The zero-order valence-electron chi connectivity index (χ0n) is 12.7. The van der Waals surface area contributed by atoms with E-state index in [1.165, 1.54) is 0 Å². The minimum absolute atomic E-state index is 0.358. The van der Waals surface area contributed by atoms with E-state index in [4.69, 9.17) is 9.47 Å². The first kappa shape index (κ1) is 15.3. The molecule has 0 spiro atoms. The van der Waals surface area contributed by atoms with Crippen LogP contribution in [0.3, 0.4) is 0 Å². The second kappa shape index (κ2) is 7.09. The average molecular weight is 310 g/mol. The van der Waals surface area contributed by atoms with Gasteiger partial charge in [0.05, 0.1) is 11.8 Å². The molecule has 0 bridgehead atoms. The minimum Gasteiger partial charge on any atom is -0.426 e. The summed E-state index contributed by atoms with van der Waals surface area (Å²) in [5.41, 5.74) is 0. The molecule has 0 aliphatic heterocycles. The van der Waals surface area contributed by atoms with Gasteiger partial charge in [-0.25, -0.2) is 0 Å². The SMILES string of the molecule is O=C(Oc1ccccc1)C1CCCC1C(=O)Oc1ccccc1. The van der Waals surface area contributed by atoms with Crippen molar-refractivity contribution in [1.29, 1.82) is 0 Å². The van der Waals surface area contributed by atoms with Crippen LogP contribution >= 0.6 is 0 Å². The van der Waals surface area contributed by atoms with Gasteiger partial charge < -0.3 is 9.47 Å². The van der Waals surface area contributed by atoms with Crippen LogP contribution in [0.25, 0.3) is 0 Å². The quantitative estimate of drug-likeness (QED) is 0.639. The van der Waals surface area contributed by atoms with Gasteiger partial charge in [0.1, 0.15) is 11.5 Å². The molecule has 2 aromatic carbocycles. The molecule has 0 aromatic heterocycles. The Kier molecular flexibility index (Phi) is 4.71. The Bertz CT molecular complexity index is 607. The summed E-state index contributed by atoms with van der Waals surface area (Å²) in [4.78, 5) is 24.7. The Hall–Kier alpha value is -2.62. The molecule has 2 aromatic rings. The fourth-order valence-corrected chi connectivity index (χ4v) is 2.89. The maximum Gasteiger partial charge on any atom is 0.315 e. The molecule has 3 rings (SSSR count). The highest BCUT2D eigenvalue weighted by atomic mass is 16.5. The number of ether oxygens (including phenoxy) is 2. The smallest absolute Gasteiger partial charge is 0.315 e. The van der Waals surface area contributed by atoms with Crippen LogP contribution in [0.2, 0.25) is 0 Å². The van der Waals surface area contributed by atoms with Gasteiger partial charge in [-0.2, -0.15) is 0 Å². The van der Waals surface area contributed by atoms with Crippen LogP contribution in [0.15, 0.2) is 60.7 Å². The number of hydrogen-bond donors (Lipinski definition) is 0. The number of rotatable bonds is 4. The molecule has 0 radical (unpaired) electrons. The van der Waals surface area contributed by atoms with Gasteiger partial charge in [-0.3, -0.25) is 9.59 Å². The van der Waals surface area contributed by atoms with Gasteiger partial charge in [-0.05, 0) is 37.1 Å². The average Bonchev–Trinajstić information content (AvgIpc) is 3.06. The number of para-hydroxylation sites is 2. The molecule has 1 saturated carbocycles. The number of carbonyl (C=O) groups excluding carboxylic acids is 2. The Morgan fingerprint density at radius 1 is 0.696 bits per heavy atom. The summed E-state index contributed by atoms with van der Waals surface area (Å²) in [5, 5.41) is 0. The molecule has 23 heavy (non-hydrogen) atoms. The summed E-state index contributed by atoms with van der Waals surface area (Å²) in [6.07, 6.45) is 2.13. The highest BCUT2D eigenvalue weighted by Gasteiger charge is 2.40. The molecular formula is C19H18O4. The van der Waals surface area contributed by atoms with Crippen molar-refractivity contribution < 1.29 is 19.1 Å². The van der Waals surface area contributed by atoms with Crippen LogP contribution in [0.5, 0.6) is 11.5 Å². The molecule has 0 saturated heterocycles. The molecular weight excluding hydrogens is 292 g/mol. The van der Waals surface area contributed by atoms with E-state index in [9.17, 15) is 9.59 Å². The van der Waals surface area contributed by atoms with Gasteiger partial charge in [0.25, 0.3) is 0 Å². The van der Waals surface area contributed by atoms with Crippen LogP contribution in [0, 0.1) is 11.8 Å². The summed E-state index contributed by atoms with van der Waals surface area (Å²) in [5.74, 6) is -0.593. The predicted octanol–water partition coefficient (Wildman–Crippen LogP) is 3.61. The lowest BCUT2D eigenvalue weighted by Gasteiger charge is -2.17. The standard InChI is InChI=1S/C19H18O4/c20-18(22-14-8-3-1-4-9-14)16-12-7-13-17(16)19(21)23-15-10-5-2-6-11-15/h1-6,8-11,16-17H,7,12-13H2. The van der Waals surface area contributed by atoms with Crippen LogP contribution in [0.1, 0.15) is 19.3 Å². The zero-order chi connectivity index (χ0) is 16.1. The Labute approximate surface area is 135 Å². The lowest BCUT2D eigenvalue weighted by molar-refractivity contribution is -0.149. The van der Waals surface area contributed by atoms with E-state index in [1.54, 1.807) is 48.5 Å². The van der Waals surface area contributed by atoms with Crippen molar-refractivity contribution in [2.45, 2.75) is 19.3 Å². The molecule has 0 heterocycles. The van der Waals surface area contributed by atoms with Gasteiger partial charge in [0.2, 0.25) is 0 Å². The fraction of sp³-hybridized carbons (Fsp3) is 0.263. The van der Waals surface area contributed by atoms with Crippen molar-refractivity contribution in [1.82, 2.24) is 0 Å². The summed E-state index contributed by atoms with van der Waals surface area (Å²) in [7, 11) is 0. The van der Waals surface area contributed by atoms with E-state index < -0.39 is 11.8 Å². The van der Waals surface area contributed by atoms with E-state index in [-0.39, 0.29) is 11.9 Å². The van der Waals surface area contributed by atoms with Gasteiger partial charge in [-0.1, -0.05) is 42.8 Å². The van der Waals surface area contributed by atoms with Gasteiger partial charge in [-0.15, -0.1) is 0 Å². The fourth-order valence-electron chi connectivity index (χ4n) is 2.89. The lowest BCUT2D eigenvalue weighted by atomic mass is 9.96. The van der Waals surface area contributed by atoms with E-state index >= 15 is 0 Å². The topological polar surface area (TPSA) is 52.6 Å². The molecule has 1 fully saturated rings. The third kappa shape index (κ3) is 3.77. The Balaban J connectivity index is 1.65. The molecule has 0 amide bonds. The van der Waals surface area contributed by atoms with Gasteiger partial charge in [0.15, 0.2) is 0 Å². The number of esters is 2. The molecule has 2 atom stereocenters. The normalized spacial score (nSPS) is 20.0. The molecule has 0 N–H and O–H groups in total. The first-order valence-corrected chi connectivity index (χ1v) is 7.77. The van der Waals surface area contributed by atoms with Crippen LogP contribution in [-0.4, -0.2) is 11.9 Å². The number of carbonyl (C=O) groups is 2. The highest BCUT2D eigenvalue weighted by molar-refractivity contribution is 5.84. The Morgan fingerprint density at radius 2 is 1.09 bits per heavy atom. The number of hydrogen-bond acceptors (Lipinski definition) is 4. The highest BCUT2D eigenvalue weighted by Crippen LogP contribution is 2.34. The van der Waals surface area contributed by atoms with Crippen molar-refractivity contribution in [3.8, 4) is 11.5 Å². The molecule has 118 valence electrons. The lowest BCUT2D eigenvalue weighted by Crippen LogP contribution is -2.31. The monoisotopic (exact) mass is 310 g/mol. The molecule has 4 heteroatoms. The van der Waals surface area contributed by atoms with Crippen LogP contribution in [0.4, 0.5) is 0 Å². The number of benzene rings is 2. The summed E-state index contributed by atoms with van der Waals surface area (Å²) >= 11 is 0. The maximum atomic E-state index is 12.4. The van der Waals surface area contributed by atoms with E-state index in [0.29, 0.717) is 24.3 Å².